The van der Waals surface area contributed by atoms with Crippen molar-refractivity contribution in [3.8, 4) is 17.1 Å². The van der Waals surface area contributed by atoms with E-state index >= 15 is 0 Å². The summed E-state index contributed by atoms with van der Waals surface area (Å²) in [6, 6.07) is 6.06. The van der Waals surface area contributed by atoms with Crippen molar-refractivity contribution < 1.29 is 68.3 Å². The number of ether oxygens (including phenoxy) is 7. The van der Waals surface area contributed by atoms with Crippen molar-refractivity contribution in [2.75, 3.05) is 59.5 Å². The number of hydrogen-bond donors (Lipinski definition) is 5. The van der Waals surface area contributed by atoms with Crippen LogP contribution in [0.4, 0.5) is 4.79 Å². The molecular formula is C41H51N5O15. The maximum Gasteiger partial charge on any atom is 0.513 e. The fraction of sp³-hybridized carbons (Fsp3) is 0.561. The van der Waals surface area contributed by atoms with E-state index in [-0.39, 0.29) is 88.1 Å². The highest BCUT2D eigenvalue weighted by molar-refractivity contribution is 5.90. The zero-order valence-corrected chi connectivity index (χ0v) is 33.9. The summed E-state index contributed by atoms with van der Waals surface area (Å²) in [7, 11) is 0. The second kappa shape index (κ2) is 19.4. The minimum absolute atomic E-state index is 0.0398. The Labute approximate surface area is 349 Å². The number of carbonyl (C=O) groups excluding carboxylic acids is 2. The highest BCUT2D eigenvalue weighted by atomic mass is 16.7. The average molecular weight is 854 g/mol. The van der Waals surface area contributed by atoms with Gasteiger partial charge in [0.15, 0.2) is 5.60 Å². The summed E-state index contributed by atoms with van der Waals surface area (Å²) in [5, 5.41) is 59.9. The Balaban J connectivity index is 0.775. The topological polar surface area (TPSA) is 265 Å². The standard InChI is InChI=1S/C41H51N5O15/c1-3-26-27-16-25(5-6-31(27)42-34-28(26)19-45-32(34)17-30-29(38(45)51)22-60-39(52)41(30,54)4-2)61-40(53)59-14-13-57-10-9-55-7-8-56-11-12-58-21-24-18-46(44-43-24)33-15-23(20-47)35(48)37(50)36(33)49/h5-6,16-18,23,33,35-37,47-50,54H,3-4,7-15,19-22H2,1-2H3/t23-,33-,35-,36+,37+,41-/m0/s1. The van der Waals surface area contributed by atoms with Gasteiger partial charge < -0.3 is 63.3 Å². The van der Waals surface area contributed by atoms with Crippen LogP contribution in [0.1, 0.15) is 60.7 Å². The fourth-order valence-electron chi connectivity index (χ4n) is 8.04. The second-order valence-corrected chi connectivity index (χ2v) is 15.1. The van der Waals surface area contributed by atoms with Crippen LogP contribution in [0.25, 0.3) is 22.3 Å². The lowest BCUT2D eigenvalue weighted by Gasteiger charge is -2.39. The molecule has 5 N–H and O–H groups in total. The molecule has 0 bridgehead atoms. The van der Waals surface area contributed by atoms with Crippen molar-refractivity contribution in [1.29, 1.82) is 0 Å². The number of esters is 1. The Bertz CT molecular complexity index is 2260. The van der Waals surface area contributed by atoms with E-state index in [1.807, 2.05) is 6.92 Å². The SMILES string of the molecule is CCc1c2c(nc3ccc(OC(=O)OCCOCCOCCOCCOCc4cn([C@H]5C[C@@H](CO)[C@H](O)[C@@H](O)[C@@H]5O)nn4)cc13)-c1cc3c(c(=O)n1C2)COC(=O)[C@]3(O)CC. The first-order valence-electron chi connectivity index (χ1n) is 20.3. The van der Waals surface area contributed by atoms with Crippen LogP contribution < -0.4 is 10.3 Å². The molecule has 61 heavy (non-hydrogen) atoms. The normalized spacial score (nSPS) is 23.1. The summed E-state index contributed by atoms with van der Waals surface area (Å²) in [6.45, 7) is 5.43. The molecule has 330 valence electrons. The quantitative estimate of drug-likeness (QED) is 0.0434. The van der Waals surface area contributed by atoms with Crippen molar-refractivity contribution in [1.82, 2.24) is 24.5 Å². The van der Waals surface area contributed by atoms with Gasteiger partial charge in [0.2, 0.25) is 0 Å². The Hall–Kier alpha value is -4.90. The first-order valence-corrected chi connectivity index (χ1v) is 20.3. The van der Waals surface area contributed by atoms with E-state index in [1.165, 1.54) is 4.68 Å². The van der Waals surface area contributed by atoms with Crippen molar-refractivity contribution >= 4 is 23.0 Å². The zero-order chi connectivity index (χ0) is 43.3. The van der Waals surface area contributed by atoms with Gasteiger partial charge in [-0.1, -0.05) is 19.1 Å². The van der Waals surface area contributed by atoms with E-state index in [1.54, 1.807) is 42.0 Å². The largest absolute Gasteiger partial charge is 0.513 e. The van der Waals surface area contributed by atoms with E-state index in [2.05, 4.69) is 10.3 Å². The fourth-order valence-corrected chi connectivity index (χ4v) is 8.04. The lowest BCUT2D eigenvalue weighted by Crippen LogP contribution is -2.52. The average Bonchev–Trinajstić information content (AvgIpc) is 3.88. The van der Waals surface area contributed by atoms with Gasteiger partial charge in [-0.3, -0.25) is 4.79 Å². The molecule has 1 saturated carbocycles. The van der Waals surface area contributed by atoms with Crippen molar-refractivity contribution in [3.63, 3.8) is 0 Å². The molecule has 0 unspecified atom stereocenters. The Morgan fingerprint density at radius 2 is 1.62 bits per heavy atom. The molecule has 7 rings (SSSR count). The van der Waals surface area contributed by atoms with Gasteiger partial charge in [0.05, 0.1) is 100 Å². The lowest BCUT2D eigenvalue weighted by molar-refractivity contribution is -0.172. The number of benzene rings is 1. The van der Waals surface area contributed by atoms with Gasteiger partial charge in [-0.25, -0.2) is 19.3 Å². The zero-order valence-electron chi connectivity index (χ0n) is 33.9. The van der Waals surface area contributed by atoms with E-state index in [0.29, 0.717) is 55.4 Å². The third-order valence-corrected chi connectivity index (χ3v) is 11.4. The van der Waals surface area contributed by atoms with Crippen LogP contribution >= 0.6 is 0 Å². The molecule has 20 heteroatoms. The number of pyridine rings is 2. The van der Waals surface area contributed by atoms with Crippen LogP contribution in [-0.4, -0.2) is 140 Å². The number of aryl methyl sites for hydroxylation is 1. The van der Waals surface area contributed by atoms with Crippen LogP contribution in [0, 0.1) is 5.92 Å². The highest BCUT2D eigenvalue weighted by Crippen LogP contribution is 2.41. The number of aliphatic hydroxyl groups is 5. The Morgan fingerprint density at radius 3 is 2.31 bits per heavy atom. The van der Waals surface area contributed by atoms with Crippen LogP contribution in [-0.2, 0) is 65.0 Å². The van der Waals surface area contributed by atoms with E-state index in [9.17, 15) is 39.9 Å². The van der Waals surface area contributed by atoms with E-state index in [4.69, 9.17) is 38.1 Å². The number of carbonyl (C=O) groups is 2. The van der Waals surface area contributed by atoms with Gasteiger partial charge in [-0.05, 0) is 49.1 Å². The Kier molecular flexibility index (Phi) is 14.1. The van der Waals surface area contributed by atoms with E-state index < -0.39 is 48.0 Å². The lowest BCUT2D eigenvalue weighted by atomic mass is 9.80. The predicted molar refractivity (Wildman–Crippen MR) is 210 cm³/mol. The number of aromatic nitrogens is 5. The third-order valence-electron chi connectivity index (χ3n) is 11.4. The minimum Gasteiger partial charge on any atom is -0.458 e. The molecule has 1 fully saturated rings. The number of nitrogens with zero attached hydrogens (tertiary/aromatic N) is 5. The smallest absolute Gasteiger partial charge is 0.458 e. The van der Waals surface area contributed by atoms with Crippen LogP contribution in [0.15, 0.2) is 35.3 Å². The first-order chi connectivity index (χ1) is 29.5. The van der Waals surface area contributed by atoms with Gasteiger partial charge >= 0.3 is 12.1 Å². The van der Waals surface area contributed by atoms with Gasteiger partial charge in [0.25, 0.3) is 5.56 Å². The molecule has 0 radical (unpaired) electrons. The summed E-state index contributed by atoms with van der Waals surface area (Å²) in [5.74, 6) is -1.11. The van der Waals surface area contributed by atoms with Gasteiger partial charge in [-0.2, -0.15) is 0 Å². The summed E-state index contributed by atoms with van der Waals surface area (Å²) < 4.78 is 40.9. The number of cyclic esters (lactones) is 1. The van der Waals surface area contributed by atoms with Gasteiger partial charge in [0, 0.05) is 29.0 Å². The summed E-state index contributed by atoms with van der Waals surface area (Å²) in [4.78, 5) is 43.5. The van der Waals surface area contributed by atoms with Crippen LogP contribution in [0.3, 0.4) is 0 Å². The molecule has 6 atom stereocenters. The molecule has 5 heterocycles. The molecule has 3 aromatic heterocycles. The molecule has 2 aliphatic heterocycles. The minimum atomic E-state index is -1.92. The molecule has 3 aliphatic rings. The molecule has 20 nitrogen and oxygen atoms in total. The molecule has 4 aromatic rings. The summed E-state index contributed by atoms with van der Waals surface area (Å²) in [6.07, 6.45) is -2.32. The number of rotatable bonds is 19. The maximum absolute atomic E-state index is 13.6. The highest BCUT2D eigenvalue weighted by Gasteiger charge is 2.46. The maximum atomic E-state index is 13.6. The number of aliphatic hydroxyl groups excluding tert-OH is 4. The predicted octanol–water partition coefficient (Wildman–Crippen LogP) is 0.652. The molecular weight excluding hydrogens is 802 g/mol. The van der Waals surface area contributed by atoms with Gasteiger partial charge in [0.1, 0.15) is 36.9 Å². The monoisotopic (exact) mass is 853 g/mol. The Morgan fingerprint density at radius 1 is 0.918 bits per heavy atom. The van der Waals surface area contributed by atoms with Crippen molar-refractivity contribution in [3.05, 3.63) is 68.8 Å². The summed E-state index contributed by atoms with van der Waals surface area (Å²) in [5.41, 5.74) is 2.24. The number of fused-ring (bicyclic) bond motifs is 5. The van der Waals surface area contributed by atoms with Crippen LogP contribution in [0.5, 0.6) is 5.75 Å². The summed E-state index contributed by atoms with van der Waals surface area (Å²) >= 11 is 0. The van der Waals surface area contributed by atoms with Crippen molar-refractivity contribution in [2.45, 2.75) is 82.8 Å². The number of hydrogen-bond acceptors (Lipinski definition) is 18. The third kappa shape index (κ3) is 9.18. The van der Waals surface area contributed by atoms with Crippen molar-refractivity contribution in [2.24, 2.45) is 5.92 Å². The first kappa shape index (κ1) is 44.2. The second-order valence-electron chi connectivity index (χ2n) is 15.1. The molecule has 1 aromatic carbocycles. The van der Waals surface area contributed by atoms with E-state index in [0.717, 1.165) is 16.5 Å². The molecule has 0 amide bonds. The molecule has 0 spiro atoms. The molecule has 1 aliphatic carbocycles. The van der Waals surface area contributed by atoms with Crippen LogP contribution in [0.2, 0.25) is 0 Å². The van der Waals surface area contributed by atoms with Gasteiger partial charge in [-0.15, -0.1) is 5.10 Å². The molecule has 0 saturated heterocycles.